The highest BCUT2D eigenvalue weighted by molar-refractivity contribution is 6.33. The predicted molar refractivity (Wildman–Crippen MR) is 82.2 cm³/mol. The summed E-state index contributed by atoms with van der Waals surface area (Å²) in [6.07, 6.45) is 2.10. The van der Waals surface area contributed by atoms with Gasteiger partial charge in [0.1, 0.15) is 5.82 Å². The Kier molecular flexibility index (Phi) is 3.86. The molecule has 1 fully saturated rings. The molecular weight excluding hydrogens is 296 g/mol. The van der Waals surface area contributed by atoms with Gasteiger partial charge in [-0.25, -0.2) is 4.39 Å². The largest absolute Gasteiger partial charge is 0.381 e. The van der Waals surface area contributed by atoms with Gasteiger partial charge in [0.2, 0.25) is 0 Å². The van der Waals surface area contributed by atoms with E-state index in [0.29, 0.717) is 17.0 Å². The van der Waals surface area contributed by atoms with Gasteiger partial charge in [-0.05, 0) is 54.7 Å². The molecule has 4 heteroatoms. The molecule has 1 nitrogen and oxygen atoms in total. The minimum Gasteiger partial charge on any atom is -0.381 e. The SMILES string of the molecule is Fc1ccc(NC2CC(c3ccc(Cl)cc3)C2)c(Cl)c1. The average molecular weight is 310 g/mol. The fraction of sp³-hybridized carbons (Fsp3) is 0.250. The second-order valence-corrected chi connectivity index (χ2v) is 6.03. The Labute approximate surface area is 127 Å². The van der Waals surface area contributed by atoms with Crippen molar-refractivity contribution < 1.29 is 4.39 Å². The maximum absolute atomic E-state index is 13.0. The summed E-state index contributed by atoms with van der Waals surface area (Å²) >= 11 is 11.9. The number of nitrogens with one attached hydrogen (secondary N) is 1. The zero-order valence-electron chi connectivity index (χ0n) is 10.7. The van der Waals surface area contributed by atoms with Crippen LogP contribution in [0.3, 0.4) is 0 Å². The monoisotopic (exact) mass is 309 g/mol. The van der Waals surface area contributed by atoms with Crippen LogP contribution in [0.1, 0.15) is 24.3 Å². The van der Waals surface area contributed by atoms with E-state index < -0.39 is 0 Å². The van der Waals surface area contributed by atoms with Crippen LogP contribution in [0.5, 0.6) is 0 Å². The maximum atomic E-state index is 13.0. The predicted octanol–water partition coefficient (Wildman–Crippen LogP) is 5.49. The molecule has 0 saturated heterocycles. The molecule has 2 aromatic rings. The Morgan fingerprint density at radius 1 is 1.00 bits per heavy atom. The van der Waals surface area contributed by atoms with Crippen molar-refractivity contribution in [3.05, 3.63) is 63.9 Å². The molecule has 20 heavy (non-hydrogen) atoms. The van der Waals surface area contributed by atoms with Crippen LogP contribution >= 0.6 is 23.2 Å². The summed E-state index contributed by atoms with van der Waals surface area (Å²) < 4.78 is 13.0. The molecule has 1 N–H and O–H groups in total. The molecule has 0 radical (unpaired) electrons. The van der Waals surface area contributed by atoms with Crippen molar-refractivity contribution in [1.29, 1.82) is 0 Å². The van der Waals surface area contributed by atoms with Crippen LogP contribution in [0.4, 0.5) is 10.1 Å². The van der Waals surface area contributed by atoms with Crippen molar-refractivity contribution in [2.75, 3.05) is 5.32 Å². The second-order valence-electron chi connectivity index (χ2n) is 5.19. The lowest BCUT2D eigenvalue weighted by molar-refractivity contribution is 0.374. The van der Waals surface area contributed by atoms with E-state index in [0.717, 1.165) is 23.6 Å². The fourth-order valence-corrected chi connectivity index (χ4v) is 2.92. The molecule has 1 aliphatic carbocycles. The zero-order chi connectivity index (χ0) is 14.1. The lowest BCUT2D eigenvalue weighted by Gasteiger charge is -2.37. The minimum absolute atomic E-state index is 0.312. The molecule has 0 atom stereocenters. The van der Waals surface area contributed by atoms with Gasteiger partial charge in [-0.2, -0.15) is 0 Å². The lowest BCUT2D eigenvalue weighted by atomic mass is 9.76. The Morgan fingerprint density at radius 3 is 2.35 bits per heavy atom. The number of hydrogen-bond donors (Lipinski definition) is 1. The first-order chi connectivity index (χ1) is 9.61. The van der Waals surface area contributed by atoms with E-state index in [1.807, 2.05) is 12.1 Å². The van der Waals surface area contributed by atoms with Crippen molar-refractivity contribution in [1.82, 2.24) is 0 Å². The Hall–Kier alpha value is -1.25. The van der Waals surface area contributed by atoms with Crippen LogP contribution in [0.25, 0.3) is 0 Å². The van der Waals surface area contributed by atoms with Gasteiger partial charge in [0, 0.05) is 11.1 Å². The molecule has 0 heterocycles. The molecular formula is C16H14Cl2FN. The third-order valence-electron chi connectivity index (χ3n) is 3.77. The molecule has 0 aromatic heterocycles. The Balaban J connectivity index is 1.59. The highest BCUT2D eigenvalue weighted by Crippen LogP contribution is 2.39. The summed E-state index contributed by atoms with van der Waals surface area (Å²) in [5.41, 5.74) is 2.12. The smallest absolute Gasteiger partial charge is 0.124 e. The van der Waals surface area contributed by atoms with Crippen molar-refractivity contribution in [3.63, 3.8) is 0 Å². The van der Waals surface area contributed by atoms with Crippen molar-refractivity contribution in [2.24, 2.45) is 0 Å². The van der Waals surface area contributed by atoms with Crippen LogP contribution in [0, 0.1) is 5.82 Å². The van der Waals surface area contributed by atoms with E-state index in [1.54, 1.807) is 6.07 Å². The summed E-state index contributed by atoms with van der Waals surface area (Å²) in [4.78, 5) is 0. The van der Waals surface area contributed by atoms with E-state index in [4.69, 9.17) is 23.2 Å². The Bertz CT molecular complexity index is 606. The van der Waals surface area contributed by atoms with Gasteiger partial charge >= 0.3 is 0 Å². The molecule has 0 bridgehead atoms. The van der Waals surface area contributed by atoms with Gasteiger partial charge < -0.3 is 5.32 Å². The maximum Gasteiger partial charge on any atom is 0.124 e. The number of rotatable bonds is 3. The first kappa shape index (κ1) is 13.7. The average Bonchev–Trinajstić information content (AvgIpc) is 2.37. The standard InChI is InChI=1S/C16H14Cl2FN/c17-12-3-1-10(2-4-12)11-7-14(8-11)20-16-6-5-13(19)9-15(16)18/h1-6,9,11,14,20H,7-8H2. The molecule has 0 amide bonds. The summed E-state index contributed by atoms with van der Waals surface area (Å²) in [6.45, 7) is 0. The van der Waals surface area contributed by atoms with E-state index >= 15 is 0 Å². The molecule has 2 aromatic carbocycles. The molecule has 104 valence electrons. The van der Waals surface area contributed by atoms with Crippen LogP contribution in [0.15, 0.2) is 42.5 Å². The number of anilines is 1. The van der Waals surface area contributed by atoms with E-state index in [-0.39, 0.29) is 5.82 Å². The normalized spacial score (nSPS) is 21.4. The third kappa shape index (κ3) is 2.92. The molecule has 3 rings (SSSR count). The van der Waals surface area contributed by atoms with Crippen LogP contribution in [0.2, 0.25) is 10.0 Å². The molecule has 1 saturated carbocycles. The Morgan fingerprint density at radius 2 is 1.70 bits per heavy atom. The molecule has 0 unspecified atom stereocenters. The van der Waals surface area contributed by atoms with Gasteiger partial charge in [-0.15, -0.1) is 0 Å². The van der Waals surface area contributed by atoms with E-state index in [1.165, 1.54) is 17.7 Å². The van der Waals surface area contributed by atoms with Crippen molar-refractivity contribution >= 4 is 28.9 Å². The van der Waals surface area contributed by atoms with Gasteiger partial charge in [0.05, 0.1) is 10.7 Å². The summed E-state index contributed by atoms with van der Waals surface area (Å²) in [5.74, 6) is 0.247. The van der Waals surface area contributed by atoms with Crippen LogP contribution in [-0.2, 0) is 0 Å². The van der Waals surface area contributed by atoms with Crippen molar-refractivity contribution in [3.8, 4) is 0 Å². The second kappa shape index (κ2) is 5.63. The third-order valence-corrected chi connectivity index (χ3v) is 4.33. The zero-order valence-corrected chi connectivity index (χ0v) is 12.3. The molecule has 0 aliphatic heterocycles. The highest BCUT2D eigenvalue weighted by Gasteiger charge is 2.30. The highest BCUT2D eigenvalue weighted by atomic mass is 35.5. The number of halogens is 3. The van der Waals surface area contributed by atoms with Gasteiger partial charge in [0.15, 0.2) is 0 Å². The summed E-state index contributed by atoms with van der Waals surface area (Å²) in [5, 5.41) is 4.56. The van der Waals surface area contributed by atoms with Crippen LogP contribution < -0.4 is 5.32 Å². The number of hydrogen-bond acceptors (Lipinski definition) is 1. The topological polar surface area (TPSA) is 12.0 Å². The van der Waals surface area contributed by atoms with Crippen molar-refractivity contribution in [2.45, 2.75) is 24.8 Å². The van der Waals surface area contributed by atoms with Gasteiger partial charge in [0.25, 0.3) is 0 Å². The summed E-state index contributed by atoms with van der Waals surface area (Å²) in [7, 11) is 0. The molecule has 0 spiro atoms. The summed E-state index contributed by atoms with van der Waals surface area (Å²) in [6, 6.07) is 12.8. The van der Waals surface area contributed by atoms with E-state index in [2.05, 4.69) is 17.4 Å². The first-order valence-electron chi connectivity index (χ1n) is 6.59. The fourth-order valence-electron chi connectivity index (χ4n) is 2.57. The molecule has 1 aliphatic rings. The first-order valence-corrected chi connectivity index (χ1v) is 7.34. The van der Waals surface area contributed by atoms with Crippen LogP contribution in [-0.4, -0.2) is 6.04 Å². The van der Waals surface area contributed by atoms with Gasteiger partial charge in [-0.3, -0.25) is 0 Å². The quantitative estimate of drug-likeness (QED) is 0.790. The number of benzene rings is 2. The lowest BCUT2D eigenvalue weighted by Crippen LogP contribution is -2.34. The van der Waals surface area contributed by atoms with E-state index in [9.17, 15) is 4.39 Å². The van der Waals surface area contributed by atoms with Gasteiger partial charge in [-0.1, -0.05) is 35.3 Å². The minimum atomic E-state index is -0.312.